The molecule has 2 aromatic carbocycles. The summed E-state index contributed by atoms with van der Waals surface area (Å²) in [4.78, 5) is 0. The smallest absolute Gasteiger partial charge is 0.0576 e. The van der Waals surface area contributed by atoms with Gasteiger partial charge in [-0.1, -0.05) is 67.1 Å². The first kappa shape index (κ1) is 16.5. The van der Waals surface area contributed by atoms with Crippen molar-refractivity contribution in [2.24, 2.45) is 0 Å². The molecular weight excluding hydrogens is 294 g/mol. The lowest BCUT2D eigenvalue weighted by molar-refractivity contribution is 0.515. The number of rotatable bonds is 9. The molecule has 124 valence electrons. The summed E-state index contributed by atoms with van der Waals surface area (Å²) in [5.41, 5.74) is 2.64. The Hall–Kier alpha value is -2.39. The van der Waals surface area contributed by atoms with E-state index in [-0.39, 0.29) is 6.04 Å². The highest BCUT2D eigenvalue weighted by Crippen LogP contribution is 2.21. The molecule has 1 heterocycles. The van der Waals surface area contributed by atoms with Gasteiger partial charge in [-0.05, 0) is 36.6 Å². The standard InChI is InChI=1S/C21H25N3/c1-4-11-19(12-5-1)21(20-13-6-2-7-14-20)22-15-8-3-9-17-24-18-10-16-23-24/h1-2,4-7,10-14,16,18,21-22H,3,8-9,15,17H2. The van der Waals surface area contributed by atoms with E-state index in [9.17, 15) is 0 Å². The Morgan fingerprint density at radius 2 is 1.46 bits per heavy atom. The van der Waals surface area contributed by atoms with E-state index in [1.165, 1.54) is 30.4 Å². The average Bonchev–Trinajstić information content (AvgIpc) is 3.16. The summed E-state index contributed by atoms with van der Waals surface area (Å²) >= 11 is 0. The molecular formula is C21H25N3. The molecule has 1 aromatic heterocycles. The van der Waals surface area contributed by atoms with Gasteiger partial charge in [-0.2, -0.15) is 5.10 Å². The molecule has 0 aliphatic heterocycles. The van der Waals surface area contributed by atoms with Gasteiger partial charge in [0.15, 0.2) is 0 Å². The molecule has 1 N–H and O–H groups in total. The van der Waals surface area contributed by atoms with Crippen molar-refractivity contribution in [3.8, 4) is 0 Å². The molecule has 0 unspecified atom stereocenters. The number of aryl methyl sites for hydroxylation is 1. The van der Waals surface area contributed by atoms with E-state index in [1.807, 2.05) is 23.1 Å². The molecule has 0 bridgehead atoms. The lowest BCUT2D eigenvalue weighted by Crippen LogP contribution is -2.23. The van der Waals surface area contributed by atoms with E-state index in [0.717, 1.165) is 13.1 Å². The third-order valence-corrected chi connectivity index (χ3v) is 4.24. The highest BCUT2D eigenvalue weighted by atomic mass is 15.3. The Labute approximate surface area is 144 Å². The summed E-state index contributed by atoms with van der Waals surface area (Å²) in [6, 6.07) is 23.6. The zero-order chi connectivity index (χ0) is 16.5. The first-order valence-corrected chi connectivity index (χ1v) is 8.74. The van der Waals surface area contributed by atoms with Crippen LogP contribution in [0.25, 0.3) is 0 Å². The SMILES string of the molecule is c1ccc(C(NCCCCCn2cccn2)c2ccccc2)cc1. The molecule has 24 heavy (non-hydrogen) atoms. The van der Waals surface area contributed by atoms with E-state index in [4.69, 9.17) is 0 Å². The van der Waals surface area contributed by atoms with Crippen LogP contribution in [0.4, 0.5) is 0 Å². The number of aromatic nitrogens is 2. The number of unbranched alkanes of at least 4 members (excludes halogenated alkanes) is 2. The monoisotopic (exact) mass is 319 g/mol. The molecule has 0 saturated carbocycles. The van der Waals surface area contributed by atoms with Crippen molar-refractivity contribution in [1.82, 2.24) is 15.1 Å². The molecule has 0 spiro atoms. The number of benzene rings is 2. The van der Waals surface area contributed by atoms with Crippen molar-refractivity contribution in [2.45, 2.75) is 31.8 Å². The third kappa shape index (κ3) is 4.80. The van der Waals surface area contributed by atoms with Crippen LogP contribution in [-0.2, 0) is 6.54 Å². The lowest BCUT2D eigenvalue weighted by atomic mass is 9.98. The van der Waals surface area contributed by atoms with E-state index in [0.29, 0.717) is 0 Å². The topological polar surface area (TPSA) is 29.9 Å². The van der Waals surface area contributed by atoms with Crippen LogP contribution in [0.5, 0.6) is 0 Å². The minimum Gasteiger partial charge on any atom is -0.306 e. The number of hydrogen-bond donors (Lipinski definition) is 1. The zero-order valence-electron chi connectivity index (χ0n) is 14.0. The summed E-state index contributed by atoms with van der Waals surface area (Å²) in [7, 11) is 0. The van der Waals surface area contributed by atoms with Crippen LogP contribution in [0.2, 0.25) is 0 Å². The zero-order valence-corrected chi connectivity index (χ0v) is 14.0. The summed E-state index contributed by atoms with van der Waals surface area (Å²) in [6.45, 7) is 2.03. The second kappa shape index (κ2) is 9.04. The summed E-state index contributed by atoms with van der Waals surface area (Å²) < 4.78 is 2.00. The van der Waals surface area contributed by atoms with Gasteiger partial charge in [0.2, 0.25) is 0 Å². The maximum Gasteiger partial charge on any atom is 0.0576 e. The maximum atomic E-state index is 4.24. The van der Waals surface area contributed by atoms with Gasteiger partial charge >= 0.3 is 0 Å². The Balaban J connectivity index is 1.49. The number of nitrogens with zero attached hydrogens (tertiary/aromatic N) is 2. The number of nitrogens with one attached hydrogen (secondary N) is 1. The molecule has 3 heteroatoms. The third-order valence-electron chi connectivity index (χ3n) is 4.24. The quantitative estimate of drug-likeness (QED) is 0.591. The highest BCUT2D eigenvalue weighted by Gasteiger charge is 2.12. The summed E-state index contributed by atoms with van der Waals surface area (Å²) in [6.07, 6.45) is 7.43. The van der Waals surface area contributed by atoms with Crippen molar-refractivity contribution < 1.29 is 0 Å². The molecule has 0 saturated heterocycles. The Morgan fingerprint density at radius 1 is 0.792 bits per heavy atom. The highest BCUT2D eigenvalue weighted by molar-refractivity contribution is 5.31. The van der Waals surface area contributed by atoms with Crippen LogP contribution < -0.4 is 5.32 Å². The second-order valence-electron chi connectivity index (χ2n) is 6.04. The van der Waals surface area contributed by atoms with E-state index >= 15 is 0 Å². The normalized spacial score (nSPS) is 11.0. The first-order chi connectivity index (χ1) is 11.9. The van der Waals surface area contributed by atoms with Gasteiger partial charge in [-0.25, -0.2) is 0 Å². The lowest BCUT2D eigenvalue weighted by Gasteiger charge is -2.20. The van der Waals surface area contributed by atoms with Gasteiger partial charge in [0, 0.05) is 18.9 Å². The Bertz CT molecular complexity index is 638. The van der Waals surface area contributed by atoms with Crippen LogP contribution in [-0.4, -0.2) is 16.3 Å². The van der Waals surface area contributed by atoms with E-state index < -0.39 is 0 Å². The fraction of sp³-hybridized carbons (Fsp3) is 0.286. The molecule has 0 aliphatic carbocycles. The van der Waals surface area contributed by atoms with Gasteiger partial charge in [-0.15, -0.1) is 0 Å². The predicted octanol–water partition coefficient (Wildman–Crippen LogP) is 4.43. The van der Waals surface area contributed by atoms with Crippen molar-refractivity contribution in [1.29, 1.82) is 0 Å². The van der Waals surface area contributed by atoms with Gasteiger partial charge < -0.3 is 5.32 Å². The van der Waals surface area contributed by atoms with Gasteiger partial charge in [0.1, 0.15) is 0 Å². The molecule has 3 nitrogen and oxygen atoms in total. The Morgan fingerprint density at radius 3 is 2.04 bits per heavy atom. The van der Waals surface area contributed by atoms with Crippen LogP contribution in [0, 0.1) is 0 Å². The number of hydrogen-bond acceptors (Lipinski definition) is 2. The molecule has 3 aromatic rings. The van der Waals surface area contributed by atoms with E-state index in [1.54, 1.807) is 0 Å². The minimum atomic E-state index is 0.263. The van der Waals surface area contributed by atoms with Gasteiger partial charge in [0.25, 0.3) is 0 Å². The Kier molecular flexibility index (Phi) is 6.20. The predicted molar refractivity (Wildman–Crippen MR) is 98.8 cm³/mol. The van der Waals surface area contributed by atoms with Crippen LogP contribution in [0.1, 0.15) is 36.4 Å². The first-order valence-electron chi connectivity index (χ1n) is 8.74. The minimum absolute atomic E-state index is 0.263. The fourth-order valence-corrected chi connectivity index (χ4v) is 2.97. The van der Waals surface area contributed by atoms with Crippen LogP contribution >= 0.6 is 0 Å². The fourth-order valence-electron chi connectivity index (χ4n) is 2.97. The summed E-state index contributed by atoms with van der Waals surface area (Å²) in [5.74, 6) is 0. The largest absolute Gasteiger partial charge is 0.306 e. The van der Waals surface area contributed by atoms with Gasteiger partial charge in [0.05, 0.1) is 6.04 Å². The molecule has 0 atom stereocenters. The van der Waals surface area contributed by atoms with Gasteiger partial charge in [-0.3, -0.25) is 4.68 Å². The maximum absolute atomic E-state index is 4.24. The van der Waals surface area contributed by atoms with Crippen LogP contribution in [0.15, 0.2) is 79.1 Å². The van der Waals surface area contributed by atoms with Crippen molar-refractivity contribution >= 4 is 0 Å². The molecule has 0 amide bonds. The average molecular weight is 319 g/mol. The van der Waals surface area contributed by atoms with Crippen molar-refractivity contribution in [3.05, 3.63) is 90.3 Å². The summed E-state index contributed by atoms with van der Waals surface area (Å²) in [5, 5.41) is 7.97. The van der Waals surface area contributed by atoms with E-state index in [2.05, 4.69) is 71.1 Å². The molecule has 0 fully saturated rings. The van der Waals surface area contributed by atoms with Crippen molar-refractivity contribution in [3.63, 3.8) is 0 Å². The molecule has 3 rings (SSSR count). The van der Waals surface area contributed by atoms with Crippen LogP contribution in [0.3, 0.4) is 0 Å². The molecule has 0 aliphatic rings. The molecule has 0 radical (unpaired) electrons. The van der Waals surface area contributed by atoms with Crippen molar-refractivity contribution in [2.75, 3.05) is 6.54 Å². The second-order valence-corrected chi connectivity index (χ2v) is 6.04.